The van der Waals surface area contributed by atoms with Crippen LogP contribution in [0.25, 0.3) is 0 Å². The lowest BCUT2D eigenvalue weighted by Crippen LogP contribution is -2.39. The third kappa shape index (κ3) is 3.92. The summed E-state index contributed by atoms with van der Waals surface area (Å²) in [6.45, 7) is 9.18. The van der Waals surface area contributed by atoms with Gasteiger partial charge in [0.2, 0.25) is 0 Å². The van der Waals surface area contributed by atoms with Crippen LogP contribution in [0.2, 0.25) is 0 Å². The molecule has 0 saturated heterocycles. The van der Waals surface area contributed by atoms with E-state index in [0.29, 0.717) is 18.7 Å². The van der Waals surface area contributed by atoms with Gasteiger partial charge in [0.25, 0.3) is 10.0 Å². The molecule has 10 nitrogen and oxygen atoms in total. The fourth-order valence-corrected chi connectivity index (χ4v) is 4.29. The van der Waals surface area contributed by atoms with Gasteiger partial charge >= 0.3 is 6.09 Å². The molecule has 0 aromatic carbocycles. The lowest BCUT2D eigenvalue weighted by atomic mass is 10.1. The van der Waals surface area contributed by atoms with Gasteiger partial charge in [-0.1, -0.05) is 5.16 Å². The Balaban J connectivity index is 1.78. The molecular weight excluding hydrogens is 374 g/mol. The van der Waals surface area contributed by atoms with Crippen LogP contribution in [0.15, 0.2) is 9.42 Å². The molecule has 1 amide bonds. The normalized spacial score (nSPS) is 14.8. The zero-order chi connectivity index (χ0) is 20.0. The van der Waals surface area contributed by atoms with Gasteiger partial charge in [0, 0.05) is 12.1 Å². The van der Waals surface area contributed by atoms with Crippen LogP contribution < -0.4 is 4.72 Å². The SMILES string of the molecule is Cc1noc(C)c1S(=O)(=O)Nc1n[nH]c2c1CCN(C(=O)OC(C)(C)C)C2. The van der Waals surface area contributed by atoms with Gasteiger partial charge in [-0.05, 0) is 41.0 Å². The summed E-state index contributed by atoms with van der Waals surface area (Å²) in [4.78, 5) is 13.8. The van der Waals surface area contributed by atoms with E-state index in [1.54, 1.807) is 32.6 Å². The number of hydrogen-bond acceptors (Lipinski definition) is 7. The first-order chi connectivity index (χ1) is 12.5. The molecule has 0 atom stereocenters. The molecule has 11 heteroatoms. The van der Waals surface area contributed by atoms with Crippen molar-refractivity contribution in [2.24, 2.45) is 0 Å². The molecule has 3 heterocycles. The molecule has 27 heavy (non-hydrogen) atoms. The second-order valence-corrected chi connectivity index (χ2v) is 9.06. The number of rotatable bonds is 3. The molecule has 1 aliphatic heterocycles. The number of fused-ring (bicyclic) bond motifs is 1. The van der Waals surface area contributed by atoms with Crippen LogP contribution >= 0.6 is 0 Å². The van der Waals surface area contributed by atoms with Crippen molar-refractivity contribution >= 4 is 21.9 Å². The Hall–Kier alpha value is -2.56. The molecule has 0 spiro atoms. The van der Waals surface area contributed by atoms with Crippen LogP contribution in [-0.4, -0.2) is 46.9 Å². The highest BCUT2D eigenvalue weighted by molar-refractivity contribution is 7.92. The number of sulfonamides is 1. The van der Waals surface area contributed by atoms with Gasteiger partial charge < -0.3 is 14.2 Å². The van der Waals surface area contributed by atoms with E-state index in [4.69, 9.17) is 9.26 Å². The fraction of sp³-hybridized carbons (Fsp3) is 0.562. The van der Waals surface area contributed by atoms with Gasteiger partial charge in [0.15, 0.2) is 16.5 Å². The van der Waals surface area contributed by atoms with Gasteiger partial charge in [-0.15, -0.1) is 0 Å². The summed E-state index contributed by atoms with van der Waals surface area (Å²) in [6.07, 6.45) is 0.0328. The van der Waals surface area contributed by atoms with Gasteiger partial charge in [-0.2, -0.15) is 5.10 Å². The molecule has 2 N–H and O–H groups in total. The molecule has 0 saturated carbocycles. The monoisotopic (exact) mass is 397 g/mol. The number of carbonyl (C=O) groups excluding carboxylic acids is 1. The predicted octanol–water partition coefficient (Wildman–Crippen LogP) is 2.11. The Morgan fingerprint density at radius 3 is 2.63 bits per heavy atom. The molecule has 148 valence electrons. The summed E-state index contributed by atoms with van der Waals surface area (Å²) in [6, 6.07) is 0. The number of ether oxygens (including phenoxy) is 1. The highest BCUT2D eigenvalue weighted by atomic mass is 32.2. The molecule has 1 aliphatic rings. The van der Waals surface area contributed by atoms with Crippen molar-refractivity contribution in [1.82, 2.24) is 20.3 Å². The fourth-order valence-electron chi connectivity index (χ4n) is 2.92. The number of aromatic amines is 1. The number of anilines is 1. The minimum absolute atomic E-state index is 0.00504. The summed E-state index contributed by atoms with van der Waals surface area (Å²) in [5.74, 6) is 0.425. The van der Waals surface area contributed by atoms with Crippen molar-refractivity contribution in [3.05, 3.63) is 22.7 Å². The Labute approximate surface area is 157 Å². The summed E-state index contributed by atoms with van der Waals surface area (Å²) < 4.78 is 38.1. The maximum absolute atomic E-state index is 12.7. The molecule has 0 unspecified atom stereocenters. The zero-order valence-corrected chi connectivity index (χ0v) is 16.7. The summed E-state index contributed by atoms with van der Waals surface area (Å²) >= 11 is 0. The third-order valence-corrected chi connectivity index (χ3v) is 5.64. The molecular formula is C16H23N5O5S. The van der Waals surface area contributed by atoms with E-state index in [1.807, 2.05) is 0 Å². The topological polar surface area (TPSA) is 130 Å². The Morgan fingerprint density at radius 1 is 1.33 bits per heavy atom. The second kappa shape index (κ2) is 6.55. The molecule has 0 radical (unpaired) electrons. The lowest BCUT2D eigenvalue weighted by molar-refractivity contribution is 0.0221. The Bertz CT molecular complexity index is 950. The van der Waals surface area contributed by atoms with Crippen LogP contribution in [-0.2, 0) is 27.7 Å². The minimum Gasteiger partial charge on any atom is -0.444 e. The summed E-state index contributed by atoms with van der Waals surface area (Å²) in [7, 11) is -3.88. The van der Waals surface area contributed by atoms with Crippen molar-refractivity contribution in [3.8, 4) is 0 Å². The van der Waals surface area contributed by atoms with E-state index in [1.165, 1.54) is 6.92 Å². The van der Waals surface area contributed by atoms with Crippen molar-refractivity contribution in [2.45, 2.75) is 58.1 Å². The largest absolute Gasteiger partial charge is 0.444 e. The summed E-state index contributed by atoms with van der Waals surface area (Å²) in [5, 5.41) is 10.6. The van der Waals surface area contributed by atoms with E-state index in [-0.39, 0.29) is 28.7 Å². The maximum atomic E-state index is 12.7. The molecule has 0 fully saturated rings. The number of carbonyl (C=O) groups is 1. The highest BCUT2D eigenvalue weighted by Crippen LogP contribution is 2.28. The van der Waals surface area contributed by atoms with Crippen LogP contribution in [0.3, 0.4) is 0 Å². The first-order valence-electron chi connectivity index (χ1n) is 8.47. The number of nitrogens with one attached hydrogen (secondary N) is 2. The van der Waals surface area contributed by atoms with Crippen LogP contribution in [0, 0.1) is 13.8 Å². The van der Waals surface area contributed by atoms with Crippen molar-refractivity contribution < 1.29 is 22.5 Å². The van der Waals surface area contributed by atoms with Crippen LogP contribution in [0.1, 0.15) is 43.5 Å². The summed E-state index contributed by atoms with van der Waals surface area (Å²) in [5.41, 5.74) is 1.09. The van der Waals surface area contributed by atoms with E-state index >= 15 is 0 Å². The number of hydrogen-bond donors (Lipinski definition) is 2. The Kier molecular flexibility index (Phi) is 4.66. The molecule has 3 rings (SSSR count). The van der Waals surface area contributed by atoms with Gasteiger partial charge in [-0.25, -0.2) is 13.2 Å². The lowest BCUT2D eigenvalue weighted by Gasteiger charge is -2.29. The number of H-pyrrole nitrogens is 1. The number of amides is 1. The van der Waals surface area contributed by atoms with E-state index in [0.717, 1.165) is 5.56 Å². The minimum atomic E-state index is -3.88. The van der Waals surface area contributed by atoms with E-state index in [9.17, 15) is 13.2 Å². The molecule has 0 bridgehead atoms. The first-order valence-corrected chi connectivity index (χ1v) is 9.96. The molecule has 0 aliphatic carbocycles. The van der Waals surface area contributed by atoms with Crippen LogP contribution in [0.4, 0.5) is 10.6 Å². The van der Waals surface area contributed by atoms with E-state index in [2.05, 4.69) is 20.1 Å². The van der Waals surface area contributed by atoms with Gasteiger partial charge in [0.05, 0.1) is 12.2 Å². The average Bonchev–Trinajstić information content (AvgIpc) is 3.08. The molecule has 2 aromatic heterocycles. The standard InChI is InChI=1S/C16H23N5O5S/c1-9-13(10(2)26-19-9)27(23,24)20-14-11-6-7-21(8-12(11)17-18-14)15(22)25-16(3,4)5/h6-8H2,1-5H3,(H2,17,18,20). The second-order valence-electron chi connectivity index (χ2n) is 7.44. The maximum Gasteiger partial charge on any atom is 0.410 e. The van der Waals surface area contributed by atoms with Gasteiger partial charge in [-0.3, -0.25) is 9.82 Å². The number of aryl methyl sites for hydroxylation is 2. The van der Waals surface area contributed by atoms with Crippen molar-refractivity contribution in [3.63, 3.8) is 0 Å². The van der Waals surface area contributed by atoms with Crippen LogP contribution in [0.5, 0.6) is 0 Å². The van der Waals surface area contributed by atoms with Crippen molar-refractivity contribution in [2.75, 3.05) is 11.3 Å². The number of nitrogens with zero attached hydrogens (tertiary/aromatic N) is 3. The van der Waals surface area contributed by atoms with E-state index < -0.39 is 21.7 Å². The van der Waals surface area contributed by atoms with Gasteiger partial charge in [0.1, 0.15) is 11.3 Å². The Morgan fingerprint density at radius 2 is 2.04 bits per heavy atom. The average molecular weight is 397 g/mol. The highest BCUT2D eigenvalue weighted by Gasteiger charge is 2.31. The zero-order valence-electron chi connectivity index (χ0n) is 15.9. The smallest absolute Gasteiger partial charge is 0.410 e. The quantitative estimate of drug-likeness (QED) is 0.811. The third-order valence-electron chi connectivity index (χ3n) is 4.05. The number of aromatic nitrogens is 3. The predicted molar refractivity (Wildman–Crippen MR) is 95.7 cm³/mol. The first kappa shape index (κ1) is 19.2. The molecule has 2 aromatic rings. The van der Waals surface area contributed by atoms with Crippen molar-refractivity contribution in [1.29, 1.82) is 0 Å².